The summed E-state index contributed by atoms with van der Waals surface area (Å²) in [6.45, 7) is 0. The molecule has 0 bridgehead atoms. The Hall–Kier alpha value is -2.28. The highest BCUT2D eigenvalue weighted by atomic mass is 14.6. The second kappa shape index (κ2) is 6.45. The standard InChI is InChI=1S/C17H17N/c18-17(16-12-5-2-6-13-16)14-8-7-11-15-9-3-1-4-10-15/h1-10,12-14H,11,18H2/b8-7-,17-14-. The summed E-state index contributed by atoms with van der Waals surface area (Å²) in [5.41, 5.74) is 9.14. The summed E-state index contributed by atoms with van der Waals surface area (Å²) in [6, 6.07) is 20.4. The molecule has 0 aliphatic heterocycles. The predicted octanol–water partition coefficient (Wildman–Crippen LogP) is 3.79. The Balaban J connectivity index is 1.95. The minimum absolute atomic E-state index is 0.792. The van der Waals surface area contributed by atoms with E-state index in [-0.39, 0.29) is 0 Å². The number of benzene rings is 2. The lowest BCUT2D eigenvalue weighted by Gasteiger charge is -1.98. The molecule has 0 aliphatic rings. The zero-order valence-electron chi connectivity index (χ0n) is 10.3. The van der Waals surface area contributed by atoms with Crippen LogP contribution in [0.4, 0.5) is 0 Å². The number of allylic oxidation sites excluding steroid dienone is 3. The molecule has 1 nitrogen and oxygen atoms in total. The van der Waals surface area contributed by atoms with Gasteiger partial charge in [-0.15, -0.1) is 0 Å². The number of hydrogen-bond acceptors (Lipinski definition) is 1. The Morgan fingerprint density at radius 2 is 1.50 bits per heavy atom. The van der Waals surface area contributed by atoms with E-state index in [1.54, 1.807) is 0 Å². The van der Waals surface area contributed by atoms with E-state index >= 15 is 0 Å². The third-order valence-electron chi connectivity index (χ3n) is 2.72. The van der Waals surface area contributed by atoms with Gasteiger partial charge in [-0.3, -0.25) is 0 Å². The van der Waals surface area contributed by atoms with Gasteiger partial charge in [-0.2, -0.15) is 0 Å². The van der Waals surface area contributed by atoms with Crippen LogP contribution in [0.1, 0.15) is 11.1 Å². The van der Waals surface area contributed by atoms with Crippen LogP contribution < -0.4 is 5.73 Å². The maximum atomic E-state index is 5.98. The molecule has 0 amide bonds. The summed E-state index contributed by atoms with van der Waals surface area (Å²) in [7, 11) is 0. The Kier molecular flexibility index (Phi) is 4.37. The van der Waals surface area contributed by atoms with Gasteiger partial charge in [0, 0.05) is 5.70 Å². The number of nitrogens with two attached hydrogens (primary N) is 1. The molecule has 0 aliphatic carbocycles. The number of rotatable bonds is 4. The van der Waals surface area contributed by atoms with Gasteiger partial charge < -0.3 is 5.73 Å². The van der Waals surface area contributed by atoms with Crippen LogP contribution in [0.15, 0.2) is 78.9 Å². The molecule has 0 fully saturated rings. The summed E-state index contributed by atoms with van der Waals surface area (Å²) in [4.78, 5) is 0. The molecule has 0 saturated heterocycles. The van der Waals surface area contributed by atoms with Crippen LogP contribution in [-0.4, -0.2) is 0 Å². The van der Waals surface area contributed by atoms with Crippen molar-refractivity contribution in [1.82, 2.24) is 0 Å². The molecular weight excluding hydrogens is 218 g/mol. The predicted molar refractivity (Wildman–Crippen MR) is 77.9 cm³/mol. The highest BCUT2D eigenvalue weighted by Crippen LogP contribution is 2.08. The van der Waals surface area contributed by atoms with Gasteiger partial charge in [-0.05, 0) is 23.6 Å². The first-order valence-corrected chi connectivity index (χ1v) is 6.08. The monoisotopic (exact) mass is 235 g/mol. The summed E-state index contributed by atoms with van der Waals surface area (Å²) >= 11 is 0. The zero-order chi connectivity index (χ0) is 12.6. The molecule has 1 heteroatoms. The highest BCUT2D eigenvalue weighted by Gasteiger charge is 1.91. The van der Waals surface area contributed by atoms with Crippen molar-refractivity contribution in [1.29, 1.82) is 0 Å². The quantitative estimate of drug-likeness (QED) is 0.802. The van der Waals surface area contributed by atoms with Gasteiger partial charge in [-0.1, -0.05) is 72.8 Å². The van der Waals surface area contributed by atoms with Gasteiger partial charge in [-0.25, -0.2) is 0 Å². The molecule has 2 rings (SSSR count). The van der Waals surface area contributed by atoms with Crippen molar-refractivity contribution in [3.63, 3.8) is 0 Å². The second-order valence-corrected chi connectivity index (χ2v) is 4.11. The van der Waals surface area contributed by atoms with Crippen LogP contribution in [0.3, 0.4) is 0 Å². The highest BCUT2D eigenvalue weighted by molar-refractivity contribution is 5.63. The lowest BCUT2D eigenvalue weighted by atomic mass is 10.1. The Morgan fingerprint density at radius 3 is 2.17 bits per heavy atom. The van der Waals surface area contributed by atoms with Crippen LogP contribution in [0, 0.1) is 0 Å². The van der Waals surface area contributed by atoms with Crippen LogP contribution in [-0.2, 0) is 6.42 Å². The largest absolute Gasteiger partial charge is 0.398 e. The number of hydrogen-bond donors (Lipinski definition) is 1. The van der Waals surface area contributed by atoms with Gasteiger partial charge in [0.15, 0.2) is 0 Å². The fourth-order valence-electron chi connectivity index (χ4n) is 1.72. The SMILES string of the molecule is N/C(=C\C=C/Cc1ccccc1)c1ccccc1. The summed E-state index contributed by atoms with van der Waals surface area (Å²) in [5.74, 6) is 0. The van der Waals surface area contributed by atoms with Crippen molar-refractivity contribution in [3.05, 3.63) is 90.0 Å². The molecular formula is C17H17N. The fourth-order valence-corrected chi connectivity index (χ4v) is 1.72. The van der Waals surface area contributed by atoms with Crippen molar-refractivity contribution in [2.75, 3.05) is 0 Å². The average molecular weight is 235 g/mol. The molecule has 0 unspecified atom stereocenters. The van der Waals surface area contributed by atoms with Crippen LogP contribution in [0.5, 0.6) is 0 Å². The normalized spacial score (nSPS) is 11.9. The van der Waals surface area contributed by atoms with E-state index in [0.29, 0.717) is 0 Å². The first-order valence-electron chi connectivity index (χ1n) is 6.08. The summed E-state index contributed by atoms with van der Waals surface area (Å²) in [6.07, 6.45) is 7.00. The topological polar surface area (TPSA) is 26.0 Å². The molecule has 0 atom stereocenters. The first-order chi connectivity index (χ1) is 8.86. The van der Waals surface area contributed by atoms with Gasteiger partial charge in [0.25, 0.3) is 0 Å². The average Bonchev–Trinajstić information content (AvgIpc) is 2.45. The molecule has 90 valence electrons. The van der Waals surface area contributed by atoms with Gasteiger partial charge in [0.1, 0.15) is 0 Å². The second-order valence-electron chi connectivity index (χ2n) is 4.11. The lowest BCUT2D eigenvalue weighted by molar-refractivity contribution is 1.27. The van der Waals surface area contributed by atoms with Gasteiger partial charge >= 0.3 is 0 Å². The van der Waals surface area contributed by atoms with E-state index in [4.69, 9.17) is 5.73 Å². The van der Waals surface area contributed by atoms with E-state index in [9.17, 15) is 0 Å². The minimum Gasteiger partial charge on any atom is -0.398 e. The molecule has 18 heavy (non-hydrogen) atoms. The Bertz CT molecular complexity index is 524. The van der Waals surface area contributed by atoms with Gasteiger partial charge in [0.2, 0.25) is 0 Å². The van der Waals surface area contributed by atoms with Crippen LogP contribution >= 0.6 is 0 Å². The molecule has 2 aromatic carbocycles. The van der Waals surface area contributed by atoms with E-state index in [1.165, 1.54) is 5.56 Å². The molecule has 0 aromatic heterocycles. The zero-order valence-corrected chi connectivity index (χ0v) is 10.3. The van der Waals surface area contributed by atoms with Crippen molar-refractivity contribution in [2.45, 2.75) is 6.42 Å². The van der Waals surface area contributed by atoms with Crippen LogP contribution in [0.25, 0.3) is 5.70 Å². The Morgan fingerprint density at radius 1 is 0.889 bits per heavy atom. The summed E-state index contributed by atoms with van der Waals surface area (Å²) in [5, 5.41) is 0. The van der Waals surface area contributed by atoms with Gasteiger partial charge in [0.05, 0.1) is 0 Å². The van der Waals surface area contributed by atoms with Crippen molar-refractivity contribution in [3.8, 4) is 0 Å². The van der Waals surface area contributed by atoms with Crippen molar-refractivity contribution in [2.24, 2.45) is 5.73 Å². The lowest BCUT2D eigenvalue weighted by Crippen LogP contribution is -1.94. The minimum atomic E-state index is 0.792. The van der Waals surface area contributed by atoms with E-state index < -0.39 is 0 Å². The van der Waals surface area contributed by atoms with E-state index in [1.807, 2.05) is 48.6 Å². The maximum Gasteiger partial charge on any atom is 0.0387 e. The van der Waals surface area contributed by atoms with Crippen molar-refractivity contribution >= 4 is 5.70 Å². The maximum absolute atomic E-state index is 5.98. The fraction of sp³-hybridized carbons (Fsp3) is 0.0588. The molecule has 0 saturated carbocycles. The first kappa shape index (κ1) is 12.2. The third kappa shape index (κ3) is 3.63. The third-order valence-corrected chi connectivity index (χ3v) is 2.72. The van der Waals surface area contributed by atoms with E-state index in [2.05, 4.69) is 30.3 Å². The van der Waals surface area contributed by atoms with Crippen molar-refractivity contribution < 1.29 is 0 Å². The molecule has 2 N–H and O–H groups in total. The smallest absolute Gasteiger partial charge is 0.0387 e. The molecule has 0 heterocycles. The molecule has 2 aromatic rings. The molecule has 0 radical (unpaired) electrons. The van der Waals surface area contributed by atoms with Crippen LogP contribution in [0.2, 0.25) is 0 Å². The molecule has 0 spiro atoms. The Labute approximate surface area is 108 Å². The summed E-state index contributed by atoms with van der Waals surface area (Å²) < 4.78 is 0. The van der Waals surface area contributed by atoms with E-state index in [0.717, 1.165) is 17.7 Å².